The molecule has 24 heavy (non-hydrogen) atoms. The molecule has 0 aliphatic heterocycles. The van der Waals surface area contributed by atoms with Crippen molar-refractivity contribution in [2.45, 2.75) is 0 Å². The first-order valence-electron chi connectivity index (χ1n) is 7.12. The lowest BCUT2D eigenvalue weighted by atomic mass is 10.2. The van der Waals surface area contributed by atoms with Crippen LogP contribution in [-0.4, -0.2) is 27.2 Å². The summed E-state index contributed by atoms with van der Waals surface area (Å²) >= 11 is 3.37. The van der Waals surface area contributed by atoms with E-state index in [2.05, 4.69) is 21.2 Å². The highest BCUT2D eigenvalue weighted by Crippen LogP contribution is 2.33. The summed E-state index contributed by atoms with van der Waals surface area (Å²) in [5.41, 5.74) is 1.40. The first kappa shape index (κ1) is 17.9. The molecule has 5 nitrogen and oxygen atoms in total. The molecule has 6 heteroatoms. The normalized spacial score (nSPS) is 10.5. The lowest BCUT2D eigenvalue weighted by Crippen LogP contribution is -2.17. The molecule has 0 atom stereocenters. The Balaban J connectivity index is 2.10. The molecule has 2 rings (SSSR count). The fourth-order valence-electron chi connectivity index (χ4n) is 2.03. The van der Waals surface area contributed by atoms with Crippen molar-refractivity contribution in [3.63, 3.8) is 0 Å². The molecular weight excluding hydrogens is 374 g/mol. The molecule has 0 radical (unpaired) electrons. The molecule has 0 aliphatic rings. The van der Waals surface area contributed by atoms with E-state index in [9.17, 15) is 4.79 Å². The maximum Gasteiger partial charge on any atom is 0.256 e. The van der Waals surface area contributed by atoms with Crippen LogP contribution in [-0.2, 0) is 0 Å². The molecule has 2 aromatic rings. The Morgan fingerprint density at radius 3 is 2.21 bits per heavy atom. The lowest BCUT2D eigenvalue weighted by Gasteiger charge is -2.11. The summed E-state index contributed by atoms with van der Waals surface area (Å²) in [6, 6.07) is 10.8. The minimum absolute atomic E-state index is 0.257. The highest BCUT2D eigenvalue weighted by molar-refractivity contribution is 9.10. The number of rotatable bonds is 6. The van der Waals surface area contributed by atoms with Crippen molar-refractivity contribution < 1.29 is 19.0 Å². The fourth-order valence-corrected chi connectivity index (χ4v) is 2.54. The minimum atomic E-state index is -0.257. The van der Waals surface area contributed by atoms with Crippen LogP contribution in [0.5, 0.6) is 17.2 Å². The number of carbonyl (C=O) groups is 1. The number of methoxy groups -OCH3 is 3. The molecule has 0 unspecified atom stereocenters. The highest BCUT2D eigenvalue weighted by atomic mass is 79.9. The number of halogens is 1. The van der Waals surface area contributed by atoms with Gasteiger partial charge < -0.3 is 19.5 Å². The summed E-state index contributed by atoms with van der Waals surface area (Å²) in [7, 11) is 4.69. The van der Waals surface area contributed by atoms with Crippen molar-refractivity contribution in [1.82, 2.24) is 5.32 Å². The van der Waals surface area contributed by atoms with Crippen molar-refractivity contribution >= 4 is 27.9 Å². The largest absolute Gasteiger partial charge is 0.497 e. The van der Waals surface area contributed by atoms with E-state index in [0.717, 1.165) is 11.3 Å². The number of amides is 1. The molecule has 0 heterocycles. The summed E-state index contributed by atoms with van der Waals surface area (Å²) in [5.74, 6) is 1.57. The standard InChI is InChI=1S/C18H18BrNO4/c1-22-13-6-4-12(5-7-13)8-9-20-18(21)14-10-16(23-2)17(24-3)11-15(14)19/h4-11H,1-3H3,(H,20,21)/b9-8-. The third kappa shape index (κ3) is 4.29. The van der Waals surface area contributed by atoms with Gasteiger partial charge in [-0.25, -0.2) is 0 Å². The van der Waals surface area contributed by atoms with Crippen LogP contribution < -0.4 is 19.5 Å². The zero-order valence-corrected chi connectivity index (χ0v) is 15.2. The SMILES string of the molecule is COc1ccc(/C=C\NC(=O)c2cc(OC)c(OC)cc2Br)cc1. The van der Waals surface area contributed by atoms with Gasteiger partial charge in [-0.3, -0.25) is 4.79 Å². The minimum Gasteiger partial charge on any atom is -0.497 e. The Labute approximate surface area is 149 Å². The van der Waals surface area contributed by atoms with E-state index in [1.165, 1.54) is 7.11 Å². The van der Waals surface area contributed by atoms with Gasteiger partial charge in [0.25, 0.3) is 5.91 Å². The second-order valence-electron chi connectivity index (χ2n) is 4.77. The summed E-state index contributed by atoms with van der Waals surface area (Å²) in [6.45, 7) is 0. The number of hydrogen-bond donors (Lipinski definition) is 1. The summed E-state index contributed by atoms with van der Waals surface area (Å²) in [6.07, 6.45) is 3.39. The van der Waals surface area contributed by atoms with Gasteiger partial charge in [0.15, 0.2) is 11.5 Å². The average Bonchev–Trinajstić information content (AvgIpc) is 2.61. The van der Waals surface area contributed by atoms with Crippen LogP contribution in [0.25, 0.3) is 6.08 Å². The number of nitrogens with one attached hydrogen (secondary N) is 1. The Bertz CT molecular complexity index is 741. The van der Waals surface area contributed by atoms with Gasteiger partial charge in [0, 0.05) is 10.7 Å². The smallest absolute Gasteiger partial charge is 0.256 e. The first-order chi connectivity index (χ1) is 11.6. The van der Waals surface area contributed by atoms with Gasteiger partial charge in [-0.1, -0.05) is 12.1 Å². The van der Waals surface area contributed by atoms with E-state index < -0.39 is 0 Å². The van der Waals surface area contributed by atoms with Crippen LogP contribution in [0.15, 0.2) is 47.1 Å². The molecule has 0 bridgehead atoms. The first-order valence-corrected chi connectivity index (χ1v) is 7.91. The quantitative estimate of drug-likeness (QED) is 0.811. The molecule has 0 fully saturated rings. The number of hydrogen-bond acceptors (Lipinski definition) is 4. The van der Waals surface area contributed by atoms with Crippen LogP contribution in [0.4, 0.5) is 0 Å². The molecule has 0 spiro atoms. The zero-order valence-electron chi connectivity index (χ0n) is 13.6. The van der Waals surface area contributed by atoms with Crippen LogP contribution in [0.3, 0.4) is 0 Å². The molecule has 0 aliphatic carbocycles. The third-order valence-corrected chi connectivity index (χ3v) is 3.98. The second-order valence-corrected chi connectivity index (χ2v) is 5.62. The van der Waals surface area contributed by atoms with Crippen LogP contribution >= 0.6 is 15.9 Å². The second kappa shape index (κ2) is 8.40. The fraction of sp³-hybridized carbons (Fsp3) is 0.167. The Morgan fingerprint density at radius 1 is 1.00 bits per heavy atom. The van der Waals surface area contributed by atoms with Gasteiger partial charge >= 0.3 is 0 Å². The molecular formula is C18H18BrNO4. The maximum absolute atomic E-state index is 12.3. The number of ether oxygens (including phenoxy) is 3. The van der Waals surface area contributed by atoms with Crippen molar-refractivity contribution in [2.75, 3.05) is 21.3 Å². The predicted octanol–water partition coefficient (Wildman–Crippen LogP) is 3.88. The number of carbonyl (C=O) groups excluding carboxylic acids is 1. The van der Waals surface area contributed by atoms with Gasteiger partial charge in [-0.2, -0.15) is 0 Å². The van der Waals surface area contributed by atoms with Crippen molar-refractivity contribution in [3.05, 3.63) is 58.2 Å². The lowest BCUT2D eigenvalue weighted by molar-refractivity contribution is 0.0969. The van der Waals surface area contributed by atoms with E-state index in [4.69, 9.17) is 14.2 Å². The van der Waals surface area contributed by atoms with E-state index in [1.807, 2.05) is 24.3 Å². The topological polar surface area (TPSA) is 56.8 Å². The van der Waals surface area contributed by atoms with E-state index in [1.54, 1.807) is 38.6 Å². The third-order valence-electron chi connectivity index (χ3n) is 3.32. The van der Waals surface area contributed by atoms with Gasteiger partial charge in [-0.15, -0.1) is 0 Å². The van der Waals surface area contributed by atoms with Gasteiger partial charge in [-0.05, 0) is 51.8 Å². The van der Waals surface area contributed by atoms with E-state index in [-0.39, 0.29) is 5.91 Å². The zero-order chi connectivity index (χ0) is 17.5. The maximum atomic E-state index is 12.3. The summed E-state index contributed by atoms with van der Waals surface area (Å²) in [5, 5.41) is 2.73. The molecule has 1 N–H and O–H groups in total. The summed E-state index contributed by atoms with van der Waals surface area (Å²) in [4.78, 5) is 12.3. The molecule has 1 amide bonds. The Morgan fingerprint density at radius 2 is 1.62 bits per heavy atom. The highest BCUT2D eigenvalue weighted by Gasteiger charge is 2.14. The van der Waals surface area contributed by atoms with Crippen molar-refractivity contribution in [2.24, 2.45) is 0 Å². The van der Waals surface area contributed by atoms with Gasteiger partial charge in [0.2, 0.25) is 0 Å². The number of benzene rings is 2. The van der Waals surface area contributed by atoms with Gasteiger partial charge in [0.1, 0.15) is 5.75 Å². The van der Waals surface area contributed by atoms with Crippen LogP contribution in [0.2, 0.25) is 0 Å². The van der Waals surface area contributed by atoms with E-state index in [0.29, 0.717) is 21.5 Å². The van der Waals surface area contributed by atoms with Crippen molar-refractivity contribution in [1.29, 1.82) is 0 Å². The monoisotopic (exact) mass is 391 g/mol. The van der Waals surface area contributed by atoms with E-state index >= 15 is 0 Å². The molecule has 2 aromatic carbocycles. The molecule has 0 saturated carbocycles. The molecule has 0 saturated heterocycles. The average molecular weight is 392 g/mol. The van der Waals surface area contributed by atoms with Crippen LogP contribution in [0.1, 0.15) is 15.9 Å². The predicted molar refractivity (Wildman–Crippen MR) is 96.7 cm³/mol. The Kier molecular flexibility index (Phi) is 6.26. The van der Waals surface area contributed by atoms with Crippen LogP contribution in [0, 0.1) is 0 Å². The Hall–Kier alpha value is -2.47. The summed E-state index contributed by atoms with van der Waals surface area (Å²) < 4.78 is 16.1. The van der Waals surface area contributed by atoms with Gasteiger partial charge in [0.05, 0.1) is 26.9 Å². The van der Waals surface area contributed by atoms with Crippen molar-refractivity contribution in [3.8, 4) is 17.2 Å². The molecule has 0 aromatic heterocycles. The molecule has 126 valence electrons.